The summed E-state index contributed by atoms with van der Waals surface area (Å²) in [5.41, 5.74) is 1.21. The summed E-state index contributed by atoms with van der Waals surface area (Å²) in [6.07, 6.45) is 4.30. The number of nitrogens with zero attached hydrogens (tertiary/aromatic N) is 4. The van der Waals surface area contributed by atoms with E-state index in [9.17, 15) is 4.79 Å². The van der Waals surface area contributed by atoms with Gasteiger partial charge >= 0.3 is 0 Å². The Morgan fingerprint density at radius 3 is 2.75 bits per heavy atom. The minimum Gasteiger partial charge on any atom is -0.351 e. The molecule has 2 heterocycles. The zero-order valence-electron chi connectivity index (χ0n) is 11.2. The van der Waals surface area contributed by atoms with E-state index in [2.05, 4.69) is 31.4 Å². The summed E-state index contributed by atoms with van der Waals surface area (Å²) in [5, 5.41) is 11.5. The minimum absolute atomic E-state index is 0.256. The number of rotatable bonds is 5. The maximum Gasteiger partial charge on any atom is 0.273 e. The topological polar surface area (TPSA) is 64.7 Å². The number of carbonyl (C=O) groups is 1. The Kier molecular flexibility index (Phi) is 4.82. The van der Waals surface area contributed by atoms with Gasteiger partial charge in [-0.3, -0.25) is 14.2 Å². The van der Waals surface area contributed by atoms with Crippen LogP contribution >= 0.6 is 27.5 Å². The minimum atomic E-state index is -0.256. The van der Waals surface area contributed by atoms with Crippen molar-refractivity contribution in [2.75, 3.05) is 6.54 Å². The highest BCUT2D eigenvalue weighted by atomic mass is 79.9. The van der Waals surface area contributed by atoms with Crippen LogP contribution in [-0.2, 0) is 13.6 Å². The van der Waals surface area contributed by atoms with Gasteiger partial charge in [0, 0.05) is 32.5 Å². The second kappa shape index (κ2) is 6.41. The number of carbonyl (C=O) groups excluding carboxylic acids is 1. The van der Waals surface area contributed by atoms with Gasteiger partial charge in [-0.1, -0.05) is 11.6 Å². The van der Waals surface area contributed by atoms with E-state index in [-0.39, 0.29) is 11.6 Å². The molecule has 0 spiro atoms. The molecule has 0 radical (unpaired) electrons. The molecule has 0 atom stereocenters. The lowest BCUT2D eigenvalue weighted by atomic mass is 10.3. The fourth-order valence-corrected chi connectivity index (χ4v) is 2.33. The van der Waals surface area contributed by atoms with Crippen molar-refractivity contribution < 1.29 is 4.79 Å². The van der Waals surface area contributed by atoms with E-state index in [0.29, 0.717) is 11.6 Å². The molecule has 0 aliphatic heterocycles. The van der Waals surface area contributed by atoms with Gasteiger partial charge in [0.2, 0.25) is 0 Å². The van der Waals surface area contributed by atoms with E-state index in [0.717, 1.165) is 23.1 Å². The zero-order valence-corrected chi connectivity index (χ0v) is 13.6. The summed E-state index contributed by atoms with van der Waals surface area (Å²) in [4.78, 5) is 11.8. The van der Waals surface area contributed by atoms with Gasteiger partial charge in [-0.2, -0.15) is 10.2 Å². The number of hydrogen-bond donors (Lipinski definition) is 1. The predicted molar refractivity (Wildman–Crippen MR) is 79.8 cm³/mol. The van der Waals surface area contributed by atoms with Gasteiger partial charge in [0.1, 0.15) is 0 Å². The maximum absolute atomic E-state index is 11.8. The number of halogens is 2. The number of hydrogen-bond acceptors (Lipinski definition) is 3. The van der Waals surface area contributed by atoms with E-state index >= 15 is 0 Å². The molecule has 0 bridgehead atoms. The Morgan fingerprint density at radius 1 is 1.45 bits per heavy atom. The average Bonchev–Trinajstić information content (AvgIpc) is 2.88. The van der Waals surface area contributed by atoms with E-state index < -0.39 is 0 Å². The first-order valence-corrected chi connectivity index (χ1v) is 7.31. The Morgan fingerprint density at radius 2 is 2.20 bits per heavy atom. The van der Waals surface area contributed by atoms with Gasteiger partial charge in [-0.15, -0.1) is 0 Å². The van der Waals surface area contributed by atoms with Crippen molar-refractivity contribution in [1.82, 2.24) is 24.9 Å². The summed E-state index contributed by atoms with van der Waals surface area (Å²) >= 11 is 9.32. The molecule has 1 N–H and O–H groups in total. The normalized spacial score (nSPS) is 10.8. The van der Waals surface area contributed by atoms with Crippen molar-refractivity contribution in [1.29, 1.82) is 0 Å². The Hall–Kier alpha value is -1.34. The number of amides is 1. The molecule has 1 amide bonds. The van der Waals surface area contributed by atoms with Crippen molar-refractivity contribution >= 4 is 33.4 Å². The average molecular weight is 361 g/mol. The van der Waals surface area contributed by atoms with Gasteiger partial charge in [0.25, 0.3) is 5.91 Å². The summed E-state index contributed by atoms with van der Waals surface area (Å²) in [6.45, 7) is 3.22. The molecule has 6 nitrogen and oxygen atoms in total. The van der Waals surface area contributed by atoms with E-state index in [1.165, 1.54) is 4.68 Å². The smallest absolute Gasteiger partial charge is 0.273 e. The van der Waals surface area contributed by atoms with Crippen molar-refractivity contribution in [3.05, 3.63) is 33.3 Å². The second-order valence-electron chi connectivity index (χ2n) is 4.43. The van der Waals surface area contributed by atoms with Crippen LogP contribution in [0.3, 0.4) is 0 Å². The van der Waals surface area contributed by atoms with E-state index in [1.807, 2.05) is 17.8 Å². The molecule has 0 saturated heterocycles. The van der Waals surface area contributed by atoms with Crippen LogP contribution in [0, 0.1) is 6.92 Å². The molecule has 2 aromatic heterocycles. The van der Waals surface area contributed by atoms with Crippen molar-refractivity contribution in [3.63, 3.8) is 0 Å². The standard InChI is InChI=1S/C12H15BrClN5O/c1-8-9(13)6-19(16-8)5-3-4-15-12(20)11-10(14)7-18(2)17-11/h6-7H,3-5H2,1-2H3,(H,15,20). The fourth-order valence-electron chi connectivity index (χ4n) is 1.75. The molecule has 0 aromatic carbocycles. The lowest BCUT2D eigenvalue weighted by molar-refractivity contribution is 0.0947. The fraction of sp³-hybridized carbons (Fsp3) is 0.417. The van der Waals surface area contributed by atoms with E-state index in [1.54, 1.807) is 13.2 Å². The summed E-state index contributed by atoms with van der Waals surface area (Å²) < 4.78 is 4.35. The Bertz CT molecular complexity index is 602. The number of aryl methyl sites for hydroxylation is 3. The van der Waals surface area contributed by atoms with Crippen LogP contribution in [0.1, 0.15) is 22.6 Å². The number of nitrogens with one attached hydrogen (secondary N) is 1. The van der Waals surface area contributed by atoms with E-state index in [4.69, 9.17) is 11.6 Å². The monoisotopic (exact) mass is 359 g/mol. The third kappa shape index (κ3) is 3.61. The van der Waals surface area contributed by atoms with Crippen LogP contribution in [0.25, 0.3) is 0 Å². The number of aromatic nitrogens is 4. The van der Waals surface area contributed by atoms with Crippen molar-refractivity contribution in [2.24, 2.45) is 7.05 Å². The molecule has 0 aliphatic rings. The third-order valence-corrected chi connectivity index (χ3v) is 3.79. The molecule has 2 aromatic rings. The third-order valence-electron chi connectivity index (χ3n) is 2.74. The lowest BCUT2D eigenvalue weighted by Crippen LogP contribution is -2.26. The zero-order chi connectivity index (χ0) is 14.7. The van der Waals surface area contributed by atoms with Gasteiger partial charge in [0.15, 0.2) is 5.69 Å². The highest BCUT2D eigenvalue weighted by molar-refractivity contribution is 9.10. The molecule has 2 rings (SSSR count). The van der Waals surface area contributed by atoms with Crippen LogP contribution in [0.4, 0.5) is 0 Å². The lowest BCUT2D eigenvalue weighted by Gasteiger charge is -2.04. The van der Waals surface area contributed by atoms with Crippen molar-refractivity contribution in [2.45, 2.75) is 19.9 Å². The second-order valence-corrected chi connectivity index (χ2v) is 5.70. The molecule has 0 saturated carbocycles. The van der Waals surface area contributed by atoms with Crippen LogP contribution in [0.5, 0.6) is 0 Å². The first-order valence-electron chi connectivity index (χ1n) is 6.14. The Balaban J connectivity index is 1.78. The van der Waals surface area contributed by atoms with Gasteiger partial charge in [-0.25, -0.2) is 0 Å². The molecule has 0 unspecified atom stereocenters. The maximum atomic E-state index is 11.8. The molecule has 0 aliphatic carbocycles. The van der Waals surface area contributed by atoms with Gasteiger partial charge in [-0.05, 0) is 29.3 Å². The molecule has 0 fully saturated rings. The largest absolute Gasteiger partial charge is 0.351 e. The molecule has 8 heteroatoms. The quantitative estimate of drug-likeness (QED) is 0.831. The summed E-state index contributed by atoms with van der Waals surface area (Å²) in [5.74, 6) is -0.256. The highest BCUT2D eigenvalue weighted by Crippen LogP contribution is 2.14. The van der Waals surface area contributed by atoms with Crippen molar-refractivity contribution in [3.8, 4) is 0 Å². The first-order chi connectivity index (χ1) is 9.47. The van der Waals surface area contributed by atoms with Crippen LogP contribution in [0.15, 0.2) is 16.9 Å². The summed E-state index contributed by atoms with van der Waals surface area (Å²) in [6, 6.07) is 0. The van der Waals surface area contributed by atoms with Crippen LogP contribution < -0.4 is 5.32 Å². The van der Waals surface area contributed by atoms with Crippen LogP contribution in [0.2, 0.25) is 5.02 Å². The molecular formula is C12H15BrClN5O. The molecule has 20 heavy (non-hydrogen) atoms. The predicted octanol–water partition coefficient (Wildman–Crippen LogP) is 2.16. The SMILES string of the molecule is Cc1nn(CCCNC(=O)c2nn(C)cc2Cl)cc1Br. The highest BCUT2D eigenvalue weighted by Gasteiger charge is 2.13. The molecular weight excluding hydrogens is 346 g/mol. The Labute approximate surface area is 130 Å². The molecule has 108 valence electrons. The van der Waals surface area contributed by atoms with Crippen LogP contribution in [-0.4, -0.2) is 32.0 Å². The first kappa shape index (κ1) is 15.1. The summed E-state index contributed by atoms with van der Waals surface area (Å²) in [7, 11) is 1.72. The van der Waals surface area contributed by atoms with Gasteiger partial charge < -0.3 is 5.32 Å². The van der Waals surface area contributed by atoms with Gasteiger partial charge in [0.05, 0.1) is 15.2 Å².